The summed E-state index contributed by atoms with van der Waals surface area (Å²) in [4.78, 5) is 69.5. The van der Waals surface area contributed by atoms with E-state index in [0.29, 0.717) is 5.56 Å². The summed E-state index contributed by atoms with van der Waals surface area (Å²) in [5.41, 5.74) is -6.86. The van der Waals surface area contributed by atoms with Gasteiger partial charge >= 0.3 is 17.9 Å². The predicted octanol–water partition coefficient (Wildman–Crippen LogP) is 3.16. The van der Waals surface area contributed by atoms with Crippen molar-refractivity contribution in [1.29, 1.82) is 0 Å². The van der Waals surface area contributed by atoms with Gasteiger partial charge in [0.05, 0.1) is 35.6 Å². The fourth-order valence-electron chi connectivity index (χ4n) is 9.94. The maximum atomic E-state index is 15.0. The summed E-state index contributed by atoms with van der Waals surface area (Å²) in [6.45, 7) is 6.89. The molecule has 14 nitrogen and oxygen atoms in total. The monoisotopic (exact) mass is 811 g/mol. The first-order chi connectivity index (χ1) is 27.9. The number of ketones is 1. The Kier molecular flexibility index (Phi) is 10.9. The third-order valence-corrected chi connectivity index (χ3v) is 13.2. The predicted molar refractivity (Wildman–Crippen MR) is 208 cm³/mol. The number of ether oxygens (including phenoxy) is 4. The Morgan fingerprint density at radius 2 is 1.44 bits per heavy atom. The minimum atomic E-state index is -2.35. The lowest BCUT2D eigenvalue weighted by atomic mass is 9.44. The molecule has 3 fully saturated rings. The number of nitrogens with one attached hydrogen (secondary N) is 1. The van der Waals surface area contributed by atoms with Crippen LogP contribution in [0.4, 0.5) is 0 Å². The molecule has 1 aliphatic heterocycles. The van der Waals surface area contributed by atoms with Crippen molar-refractivity contribution < 1.29 is 63.3 Å². The van der Waals surface area contributed by atoms with Gasteiger partial charge in [-0.2, -0.15) is 0 Å². The second kappa shape index (κ2) is 15.4. The Hall–Kier alpha value is -5.25. The van der Waals surface area contributed by atoms with Crippen molar-refractivity contribution in [3.63, 3.8) is 0 Å². The van der Waals surface area contributed by atoms with Gasteiger partial charge in [0.1, 0.15) is 30.0 Å². The molecule has 0 radical (unpaired) electrons. The highest BCUT2D eigenvalue weighted by Gasteiger charge is 2.78. The lowest BCUT2D eigenvalue weighted by Crippen LogP contribution is -2.81. The fraction of sp³-hybridized carbons (Fsp3) is 0.444. The van der Waals surface area contributed by atoms with E-state index in [1.165, 1.54) is 26.0 Å². The van der Waals surface area contributed by atoms with E-state index in [2.05, 4.69) is 5.32 Å². The van der Waals surface area contributed by atoms with Crippen LogP contribution in [0.25, 0.3) is 0 Å². The fourth-order valence-corrected chi connectivity index (χ4v) is 9.94. The minimum Gasteiger partial charge on any atom is -0.456 e. The highest BCUT2D eigenvalue weighted by atomic mass is 16.6. The summed E-state index contributed by atoms with van der Waals surface area (Å²) in [7, 11) is 0. The van der Waals surface area contributed by atoms with Crippen LogP contribution in [0.1, 0.15) is 79.8 Å². The normalized spacial score (nSPS) is 33.0. The summed E-state index contributed by atoms with van der Waals surface area (Å²) in [5.74, 6) is -5.89. The molecule has 1 saturated heterocycles. The second-order valence-corrected chi connectivity index (χ2v) is 16.8. The first-order valence-electron chi connectivity index (χ1n) is 19.6. The van der Waals surface area contributed by atoms with Crippen molar-refractivity contribution in [2.24, 2.45) is 16.7 Å². The minimum absolute atomic E-state index is 0.0540. The molecule has 0 spiro atoms. The number of Topliss-reactive ketones (excluding diaryl/α,β-unsaturated/α-hetero) is 1. The third-order valence-electron chi connectivity index (χ3n) is 13.2. The molecule has 7 rings (SSSR count). The molecular formula is C45H49NO13. The van der Waals surface area contributed by atoms with Crippen LogP contribution in [0.15, 0.2) is 102 Å². The summed E-state index contributed by atoms with van der Waals surface area (Å²) in [5, 5.41) is 51.9. The molecule has 3 aromatic carbocycles. The molecule has 59 heavy (non-hydrogen) atoms. The Bertz CT molecular complexity index is 2160. The van der Waals surface area contributed by atoms with Crippen LogP contribution < -0.4 is 5.32 Å². The van der Waals surface area contributed by atoms with E-state index in [1.807, 2.05) is 0 Å². The summed E-state index contributed by atoms with van der Waals surface area (Å²) in [6, 6.07) is 23.1. The van der Waals surface area contributed by atoms with Gasteiger partial charge in [-0.25, -0.2) is 9.59 Å². The Morgan fingerprint density at radius 1 is 0.864 bits per heavy atom. The van der Waals surface area contributed by atoms with Crippen molar-refractivity contribution in [3.05, 3.63) is 119 Å². The molecule has 3 unspecified atom stereocenters. The van der Waals surface area contributed by atoms with Crippen LogP contribution in [0, 0.1) is 16.7 Å². The van der Waals surface area contributed by atoms with Gasteiger partial charge in [0, 0.05) is 30.7 Å². The number of hydrogen-bond donors (Lipinski definition) is 5. The number of carbonyl (C=O) groups excluding carboxylic acids is 5. The second-order valence-electron chi connectivity index (χ2n) is 16.8. The van der Waals surface area contributed by atoms with Crippen molar-refractivity contribution >= 4 is 29.6 Å². The molecule has 1 heterocycles. The zero-order valence-corrected chi connectivity index (χ0v) is 33.4. The van der Waals surface area contributed by atoms with Crippen LogP contribution in [-0.4, -0.2) is 104 Å². The third kappa shape index (κ3) is 6.76. The molecule has 2 saturated carbocycles. The molecule has 4 aliphatic rings. The lowest BCUT2D eigenvalue weighted by molar-refractivity contribution is -0.346. The first-order valence-corrected chi connectivity index (χ1v) is 19.6. The van der Waals surface area contributed by atoms with Gasteiger partial charge in [-0.15, -0.1) is 0 Å². The van der Waals surface area contributed by atoms with Crippen molar-refractivity contribution in [2.75, 3.05) is 6.61 Å². The maximum Gasteiger partial charge on any atom is 0.338 e. The molecule has 0 aromatic heterocycles. The van der Waals surface area contributed by atoms with Crippen LogP contribution in [0.3, 0.4) is 0 Å². The van der Waals surface area contributed by atoms with E-state index in [-0.39, 0.29) is 35.3 Å². The van der Waals surface area contributed by atoms with Gasteiger partial charge in [-0.05, 0) is 54.8 Å². The standard InChI is InChI=1S/C45H49NO13/c1-24-29(57-41(54)35(50)33(26-15-9-6-10-16-26)46-39(52)27-17-11-7-12-18-27)22-45(55)38(58-40(53)28-19-13-8-14-20-28)36-43(5,37(51)34(49)32(24)42(45,3)4)30(48)21-31-44(36,23-56-31)59-25(2)47/h6-20,29-31,33-36,38,48-50,55H,21-23H2,1-5H3,(H,46,52)/t29-,30-,31?,33-,34+,35+,36?,38?,43+,44-,45+/m0/s1. The topological polar surface area (TPSA) is 215 Å². The van der Waals surface area contributed by atoms with E-state index in [9.17, 15) is 44.4 Å². The quantitative estimate of drug-likeness (QED) is 0.120. The smallest absolute Gasteiger partial charge is 0.338 e. The summed E-state index contributed by atoms with van der Waals surface area (Å²) >= 11 is 0. The molecular weight excluding hydrogens is 762 g/mol. The molecule has 14 heteroatoms. The maximum absolute atomic E-state index is 15.0. The number of benzene rings is 3. The van der Waals surface area contributed by atoms with Crippen LogP contribution >= 0.6 is 0 Å². The van der Waals surface area contributed by atoms with Crippen molar-refractivity contribution in [3.8, 4) is 0 Å². The van der Waals surface area contributed by atoms with E-state index in [4.69, 9.17) is 18.9 Å². The molecule has 3 aromatic rings. The highest BCUT2D eigenvalue weighted by molar-refractivity contribution is 5.95. The number of amides is 1. The number of aliphatic hydroxyl groups is 4. The summed E-state index contributed by atoms with van der Waals surface area (Å²) < 4.78 is 24.2. The number of aliphatic hydroxyl groups excluding tert-OH is 3. The number of carbonyl (C=O) groups is 5. The number of fused-ring (bicyclic) bond motifs is 5. The van der Waals surface area contributed by atoms with E-state index < -0.39 is 107 Å². The van der Waals surface area contributed by atoms with E-state index >= 15 is 0 Å². The van der Waals surface area contributed by atoms with Gasteiger partial charge in [-0.3, -0.25) is 14.4 Å². The first kappa shape index (κ1) is 41.9. The lowest BCUT2D eigenvalue weighted by Gasteiger charge is -2.67. The number of hydrogen-bond acceptors (Lipinski definition) is 13. The molecule has 5 N–H and O–H groups in total. The van der Waals surface area contributed by atoms with Gasteiger partial charge in [0.25, 0.3) is 5.91 Å². The van der Waals surface area contributed by atoms with Crippen LogP contribution in [-0.2, 0) is 33.3 Å². The Morgan fingerprint density at radius 3 is 2.00 bits per heavy atom. The SMILES string of the molecule is CC(=O)O[C@@]12COC1C[C@H](O)[C@@]1(C)C(=O)[C@H](O)C3=C(C)[C@@H](OC(=O)[C@H](O)[C@@H](NC(=O)c4ccccc4)c4ccccc4)C[C@@](O)(C(OC(=O)c4ccccc4)C21)C3(C)C. The Balaban J connectivity index is 1.34. The average molecular weight is 812 g/mol. The largest absolute Gasteiger partial charge is 0.456 e. The molecule has 312 valence electrons. The molecule has 11 atom stereocenters. The van der Waals surface area contributed by atoms with Gasteiger partial charge in [-0.1, -0.05) is 80.6 Å². The highest BCUT2D eigenvalue weighted by Crippen LogP contribution is 2.64. The molecule has 2 bridgehead atoms. The average Bonchev–Trinajstić information content (AvgIpc) is 3.21. The Labute approximate surface area is 341 Å². The number of rotatable bonds is 9. The summed E-state index contributed by atoms with van der Waals surface area (Å²) in [6.07, 6.45) is -10.5. The van der Waals surface area contributed by atoms with Crippen molar-refractivity contribution in [2.45, 2.75) is 101 Å². The zero-order chi connectivity index (χ0) is 42.7. The van der Waals surface area contributed by atoms with E-state index in [1.54, 1.807) is 92.7 Å². The number of esters is 3. The molecule has 1 amide bonds. The van der Waals surface area contributed by atoms with Gasteiger partial charge < -0.3 is 44.7 Å². The van der Waals surface area contributed by atoms with E-state index in [0.717, 1.165) is 6.92 Å². The van der Waals surface area contributed by atoms with Gasteiger partial charge in [0.15, 0.2) is 17.5 Å². The van der Waals surface area contributed by atoms with Crippen LogP contribution in [0.5, 0.6) is 0 Å². The zero-order valence-electron chi connectivity index (χ0n) is 33.4. The van der Waals surface area contributed by atoms with Gasteiger partial charge in [0.2, 0.25) is 0 Å². The van der Waals surface area contributed by atoms with Crippen LogP contribution in [0.2, 0.25) is 0 Å². The molecule has 3 aliphatic carbocycles. The van der Waals surface area contributed by atoms with Crippen molar-refractivity contribution in [1.82, 2.24) is 5.32 Å².